The number of nitrogens with zero attached hydrogens (tertiary/aromatic N) is 1. The number of hydrogen-bond acceptors (Lipinski definition) is 3. The van der Waals surface area contributed by atoms with E-state index in [-0.39, 0.29) is 0 Å². The summed E-state index contributed by atoms with van der Waals surface area (Å²) >= 11 is 0. The molecule has 3 rings (SSSR count). The second kappa shape index (κ2) is 4.29. The minimum absolute atomic E-state index is 0.467. The van der Waals surface area contributed by atoms with Crippen molar-refractivity contribution in [1.82, 2.24) is 9.97 Å². The molecule has 0 amide bonds. The van der Waals surface area contributed by atoms with Crippen LogP contribution < -0.4 is 5.46 Å². The average Bonchev–Trinajstić information content (AvgIpc) is 2.82. The molecule has 0 aliphatic rings. The molecule has 18 heavy (non-hydrogen) atoms. The van der Waals surface area contributed by atoms with Gasteiger partial charge in [0.2, 0.25) is 0 Å². The number of hydrogen-bond donors (Lipinski definition) is 3. The molecule has 0 unspecified atom stereocenters. The summed E-state index contributed by atoms with van der Waals surface area (Å²) in [7, 11) is -1.44. The van der Waals surface area contributed by atoms with Gasteiger partial charge in [-0.2, -0.15) is 0 Å². The number of H-pyrrole nitrogens is 1. The van der Waals surface area contributed by atoms with Gasteiger partial charge in [-0.1, -0.05) is 36.4 Å². The van der Waals surface area contributed by atoms with Crippen LogP contribution in [0.5, 0.6) is 0 Å². The minimum Gasteiger partial charge on any atom is -0.423 e. The number of fused-ring (bicyclic) bond motifs is 1. The molecule has 1 aromatic heterocycles. The van der Waals surface area contributed by atoms with Crippen LogP contribution in [0, 0.1) is 0 Å². The monoisotopic (exact) mass is 238 g/mol. The molecule has 3 N–H and O–H groups in total. The van der Waals surface area contributed by atoms with Crippen LogP contribution in [0.3, 0.4) is 0 Å². The summed E-state index contributed by atoms with van der Waals surface area (Å²) in [6.07, 6.45) is 0. The summed E-state index contributed by atoms with van der Waals surface area (Å²) in [5, 5.41) is 18.1. The van der Waals surface area contributed by atoms with E-state index in [1.165, 1.54) is 0 Å². The fourth-order valence-electron chi connectivity index (χ4n) is 1.90. The fourth-order valence-corrected chi connectivity index (χ4v) is 1.90. The standard InChI is InChI=1S/C13H11BN2O2/c17-14(18)10-7-5-9(6-8-10)13-15-11-3-1-2-4-12(11)16-13/h1-8,17-18H,(H,15,16). The highest BCUT2D eigenvalue weighted by Crippen LogP contribution is 2.19. The summed E-state index contributed by atoms with van der Waals surface area (Å²) in [6, 6.07) is 14.8. The van der Waals surface area contributed by atoms with Gasteiger partial charge in [-0.05, 0) is 17.6 Å². The Hall–Kier alpha value is -2.11. The quantitative estimate of drug-likeness (QED) is 0.581. The summed E-state index contributed by atoms with van der Waals surface area (Å²) in [6.45, 7) is 0. The molecular formula is C13H11BN2O2. The van der Waals surface area contributed by atoms with Crippen molar-refractivity contribution in [2.75, 3.05) is 0 Å². The Morgan fingerprint density at radius 3 is 2.33 bits per heavy atom. The lowest BCUT2D eigenvalue weighted by atomic mass is 9.80. The molecule has 5 heteroatoms. The zero-order valence-corrected chi connectivity index (χ0v) is 9.54. The van der Waals surface area contributed by atoms with E-state index in [1.54, 1.807) is 12.1 Å². The number of benzene rings is 2. The molecule has 0 fully saturated rings. The minimum atomic E-state index is -1.44. The number of para-hydroxylation sites is 2. The number of aromatic amines is 1. The van der Waals surface area contributed by atoms with Crippen molar-refractivity contribution in [3.05, 3.63) is 48.5 Å². The van der Waals surface area contributed by atoms with Crippen LogP contribution >= 0.6 is 0 Å². The number of aromatic nitrogens is 2. The second-order valence-electron chi connectivity index (χ2n) is 4.10. The first-order valence-electron chi connectivity index (χ1n) is 5.65. The van der Waals surface area contributed by atoms with Crippen LogP contribution in [0.1, 0.15) is 0 Å². The molecule has 4 nitrogen and oxygen atoms in total. The number of rotatable bonds is 2. The van der Waals surface area contributed by atoms with E-state index in [1.807, 2.05) is 36.4 Å². The lowest BCUT2D eigenvalue weighted by Crippen LogP contribution is -2.29. The highest BCUT2D eigenvalue weighted by atomic mass is 16.4. The molecule has 0 saturated carbocycles. The maximum Gasteiger partial charge on any atom is 0.488 e. The van der Waals surface area contributed by atoms with Crippen molar-refractivity contribution >= 4 is 23.6 Å². The Labute approximate surface area is 104 Å². The molecule has 0 aliphatic carbocycles. The van der Waals surface area contributed by atoms with E-state index >= 15 is 0 Å². The topological polar surface area (TPSA) is 69.1 Å². The van der Waals surface area contributed by atoms with E-state index in [2.05, 4.69) is 9.97 Å². The largest absolute Gasteiger partial charge is 0.488 e. The highest BCUT2D eigenvalue weighted by molar-refractivity contribution is 6.58. The van der Waals surface area contributed by atoms with Gasteiger partial charge in [0.15, 0.2) is 0 Å². The zero-order chi connectivity index (χ0) is 12.5. The summed E-state index contributed by atoms with van der Waals surface area (Å²) in [5.74, 6) is 0.773. The van der Waals surface area contributed by atoms with Crippen LogP contribution in [0.15, 0.2) is 48.5 Å². The normalized spacial score (nSPS) is 10.8. The van der Waals surface area contributed by atoms with Crippen molar-refractivity contribution in [2.45, 2.75) is 0 Å². The molecule has 0 spiro atoms. The predicted octanol–water partition coefficient (Wildman–Crippen LogP) is 0.910. The van der Waals surface area contributed by atoms with Crippen molar-refractivity contribution in [2.24, 2.45) is 0 Å². The van der Waals surface area contributed by atoms with Crippen molar-refractivity contribution in [3.63, 3.8) is 0 Å². The van der Waals surface area contributed by atoms with Crippen LogP contribution in [-0.4, -0.2) is 27.1 Å². The Kier molecular flexibility index (Phi) is 2.62. The first-order chi connectivity index (χ1) is 8.74. The third kappa shape index (κ3) is 1.90. The van der Waals surface area contributed by atoms with Gasteiger partial charge < -0.3 is 15.0 Å². The Morgan fingerprint density at radius 2 is 1.67 bits per heavy atom. The Bertz CT molecular complexity index is 644. The van der Waals surface area contributed by atoms with Crippen LogP contribution in [0.2, 0.25) is 0 Å². The lowest BCUT2D eigenvalue weighted by molar-refractivity contribution is 0.426. The third-order valence-corrected chi connectivity index (χ3v) is 2.87. The van der Waals surface area contributed by atoms with Crippen LogP contribution in [0.4, 0.5) is 0 Å². The maximum atomic E-state index is 9.03. The van der Waals surface area contributed by atoms with Crippen molar-refractivity contribution in [3.8, 4) is 11.4 Å². The van der Waals surface area contributed by atoms with Gasteiger partial charge in [0, 0.05) is 5.56 Å². The van der Waals surface area contributed by atoms with Crippen LogP contribution in [0.25, 0.3) is 22.4 Å². The van der Waals surface area contributed by atoms with E-state index < -0.39 is 7.12 Å². The Morgan fingerprint density at radius 1 is 0.944 bits per heavy atom. The molecule has 3 aromatic rings. The first-order valence-corrected chi connectivity index (χ1v) is 5.65. The van der Waals surface area contributed by atoms with Crippen molar-refractivity contribution in [1.29, 1.82) is 0 Å². The lowest BCUT2D eigenvalue weighted by Gasteiger charge is -2.00. The highest BCUT2D eigenvalue weighted by Gasteiger charge is 2.11. The van der Waals surface area contributed by atoms with Crippen LogP contribution in [-0.2, 0) is 0 Å². The smallest absolute Gasteiger partial charge is 0.423 e. The van der Waals surface area contributed by atoms with E-state index in [4.69, 9.17) is 10.0 Å². The predicted molar refractivity (Wildman–Crippen MR) is 71.4 cm³/mol. The third-order valence-electron chi connectivity index (χ3n) is 2.87. The second-order valence-corrected chi connectivity index (χ2v) is 4.10. The van der Waals surface area contributed by atoms with Gasteiger partial charge in [0.25, 0.3) is 0 Å². The first kappa shape index (κ1) is 11.0. The molecule has 88 valence electrons. The van der Waals surface area contributed by atoms with Gasteiger partial charge >= 0.3 is 7.12 Å². The SMILES string of the molecule is OB(O)c1ccc(-c2nc3ccccc3[nH]2)cc1. The van der Waals surface area contributed by atoms with Gasteiger partial charge in [0.05, 0.1) is 11.0 Å². The summed E-state index contributed by atoms with van der Waals surface area (Å²) < 4.78 is 0. The van der Waals surface area contributed by atoms with E-state index in [0.29, 0.717) is 5.46 Å². The molecule has 0 aliphatic heterocycles. The molecule has 0 saturated heterocycles. The fraction of sp³-hybridized carbons (Fsp3) is 0. The molecule has 1 heterocycles. The molecule has 0 radical (unpaired) electrons. The van der Waals surface area contributed by atoms with Gasteiger partial charge in [-0.3, -0.25) is 0 Å². The van der Waals surface area contributed by atoms with E-state index in [0.717, 1.165) is 22.4 Å². The number of nitrogens with one attached hydrogen (secondary N) is 1. The maximum absolute atomic E-state index is 9.03. The van der Waals surface area contributed by atoms with Gasteiger partial charge in [-0.15, -0.1) is 0 Å². The van der Waals surface area contributed by atoms with Gasteiger partial charge in [-0.25, -0.2) is 4.98 Å². The van der Waals surface area contributed by atoms with Gasteiger partial charge in [0.1, 0.15) is 5.82 Å². The summed E-state index contributed by atoms with van der Waals surface area (Å²) in [5.41, 5.74) is 3.28. The Balaban J connectivity index is 2.03. The van der Waals surface area contributed by atoms with E-state index in [9.17, 15) is 0 Å². The zero-order valence-electron chi connectivity index (χ0n) is 9.54. The summed E-state index contributed by atoms with van der Waals surface area (Å²) in [4.78, 5) is 7.70. The number of imidazole rings is 1. The molecular weight excluding hydrogens is 227 g/mol. The molecule has 0 bridgehead atoms. The molecule has 0 atom stereocenters. The average molecular weight is 238 g/mol. The molecule has 2 aromatic carbocycles. The van der Waals surface area contributed by atoms with Crippen molar-refractivity contribution < 1.29 is 10.0 Å².